The van der Waals surface area contributed by atoms with Gasteiger partial charge in [-0.3, -0.25) is 4.79 Å². The fourth-order valence-corrected chi connectivity index (χ4v) is 1.30. The summed E-state index contributed by atoms with van der Waals surface area (Å²) < 4.78 is 0. The molecule has 0 aromatic carbocycles. The van der Waals surface area contributed by atoms with Gasteiger partial charge < -0.3 is 15.3 Å². The van der Waals surface area contributed by atoms with Crippen LogP contribution in [-0.2, 0) is 6.42 Å². The maximum atomic E-state index is 11.5. The van der Waals surface area contributed by atoms with E-state index in [1.807, 2.05) is 0 Å². The summed E-state index contributed by atoms with van der Waals surface area (Å²) in [6.45, 7) is 0.597. The van der Waals surface area contributed by atoms with E-state index in [9.17, 15) is 4.79 Å². The second-order valence-electron chi connectivity index (χ2n) is 3.17. The Balaban J connectivity index is 1.77. The first-order valence-corrected chi connectivity index (χ1v) is 4.75. The van der Waals surface area contributed by atoms with Crippen LogP contribution in [0.25, 0.3) is 0 Å². The summed E-state index contributed by atoms with van der Waals surface area (Å²) in [6.07, 6.45) is 5.86. The first kappa shape index (κ1) is 9.51. The third kappa shape index (κ3) is 2.46. The van der Waals surface area contributed by atoms with Crippen molar-refractivity contribution in [3.8, 4) is 0 Å². The monoisotopic (exact) mass is 204 g/mol. The summed E-state index contributed by atoms with van der Waals surface area (Å²) in [5, 5.41) is 2.81. The van der Waals surface area contributed by atoms with E-state index in [1.165, 1.54) is 0 Å². The lowest BCUT2D eigenvalue weighted by molar-refractivity contribution is 0.0949. The van der Waals surface area contributed by atoms with Crippen molar-refractivity contribution in [2.24, 2.45) is 0 Å². The van der Waals surface area contributed by atoms with Crippen molar-refractivity contribution in [3.63, 3.8) is 0 Å². The van der Waals surface area contributed by atoms with E-state index in [0.717, 1.165) is 12.1 Å². The molecule has 3 N–H and O–H groups in total. The van der Waals surface area contributed by atoms with Crippen LogP contribution in [0.2, 0.25) is 0 Å². The summed E-state index contributed by atoms with van der Waals surface area (Å²) in [5.74, 6) is -0.0838. The highest BCUT2D eigenvalue weighted by Gasteiger charge is 2.04. The zero-order valence-electron chi connectivity index (χ0n) is 8.16. The summed E-state index contributed by atoms with van der Waals surface area (Å²) in [4.78, 5) is 21.2. The number of imidazole rings is 1. The highest BCUT2D eigenvalue weighted by Crippen LogP contribution is 1.94. The third-order valence-corrected chi connectivity index (χ3v) is 2.08. The maximum absolute atomic E-state index is 11.5. The van der Waals surface area contributed by atoms with Gasteiger partial charge in [0.2, 0.25) is 0 Å². The van der Waals surface area contributed by atoms with Gasteiger partial charge in [-0.2, -0.15) is 0 Å². The molecule has 0 aliphatic heterocycles. The minimum atomic E-state index is -0.0838. The van der Waals surface area contributed by atoms with E-state index in [2.05, 4.69) is 20.3 Å². The van der Waals surface area contributed by atoms with Gasteiger partial charge in [-0.05, 0) is 12.1 Å². The average molecular weight is 204 g/mol. The van der Waals surface area contributed by atoms with Crippen molar-refractivity contribution < 1.29 is 4.79 Å². The Morgan fingerprint density at radius 1 is 1.47 bits per heavy atom. The molecule has 15 heavy (non-hydrogen) atoms. The van der Waals surface area contributed by atoms with Crippen molar-refractivity contribution >= 4 is 5.91 Å². The Morgan fingerprint density at radius 2 is 2.40 bits per heavy atom. The number of aromatic nitrogens is 3. The number of carbonyl (C=O) groups excluding carboxylic acids is 1. The fourth-order valence-electron chi connectivity index (χ4n) is 1.30. The van der Waals surface area contributed by atoms with Gasteiger partial charge in [0.25, 0.3) is 5.91 Å². The minimum Gasteiger partial charge on any atom is -0.357 e. The zero-order valence-corrected chi connectivity index (χ0v) is 8.16. The molecule has 1 amide bonds. The molecule has 0 saturated heterocycles. The molecule has 5 heteroatoms. The van der Waals surface area contributed by atoms with Gasteiger partial charge in [0.1, 0.15) is 5.69 Å². The van der Waals surface area contributed by atoms with Crippen molar-refractivity contribution in [3.05, 3.63) is 42.2 Å². The number of hydrogen-bond acceptors (Lipinski definition) is 2. The molecule has 0 fully saturated rings. The standard InChI is InChI=1S/C10H12N4O/c15-10(9-2-1-4-12-9)13-5-3-8-6-11-7-14-8/h1-2,4,6-7,12H,3,5H2,(H,11,14)(H,13,15). The van der Waals surface area contributed by atoms with Crippen LogP contribution in [0.3, 0.4) is 0 Å². The van der Waals surface area contributed by atoms with Gasteiger partial charge in [-0.25, -0.2) is 4.98 Å². The maximum Gasteiger partial charge on any atom is 0.267 e. The molecule has 0 aliphatic carbocycles. The van der Waals surface area contributed by atoms with Crippen molar-refractivity contribution in [1.29, 1.82) is 0 Å². The lowest BCUT2D eigenvalue weighted by atomic mass is 10.3. The second kappa shape index (κ2) is 4.45. The van der Waals surface area contributed by atoms with Crippen molar-refractivity contribution in [2.45, 2.75) is 6.42 Å². The molecule has 0 bridgehead atoms. The van der Waals surface area contributed by atoms with Crippen LogP contribution in [-0.4, -0.2) is 27.4 Å². The normalized spacial score (nSPS) is 10.1. The van der Waals surface area contributed by atoms with E-state index >= 15 is 0 Å². The first-order valence-electron chi connectivity index (χ1n) is 4.75. The summed E-state index contributed by atoms with van der Waals surface area (Å²) in [5.41, 5.74) is 1.60. The van der Waals surface area contributed by atoms with Crippen molar-refractivity contribution in [2.75, 3.05) is 6.54 Å². The number of aromatic amines is 2. The summed E-state index contributed by atoms with van der Waals surface area (Å²) >= 11 is 0. The van der Waals surface area contributed by atoms with Crippen molar-refractivity contribution in [1.82, 2.24) is 20.3 Å². The van der Waals surface area contributed by atoms with Gasteiger partial charge in [0.05, 0.1) is 6.33 Å². The van der Waals surface area contributed by atoms with Crippen LogP contribution in [0.1, 0.15) is 16.2 Å². The zero-order chi connectivity index (χ0) is 10.5. The number of nitrogens with zero attached hydrogens (tertiary/aromatic N) is 1. The predicted octanol–water partition coefficient (Wildman–Crippen LogP) is 0.710. The molecule has 2 rings (SSSR count). The van der Waals surface area contributed by atoms with Gasteiger partial charge >= 0.3 is 0 Å². The molecule has 0 unspecified atom stereocenters. The smallest absolute Gasteiger partial charge is 0.267 e. The lowest BCUT2D eigenvalue weighted by Crippen LogP contribution is -2.25. The number of hydrogen-bond donors (Lipinski definition) is 3. The predicted molar refractivity (Wildman–Crippen MR) is 55.4 cm³/mol. The van der Waals surface area contributed by atoms with Crippen LogP contribution in [0.15, 0.2) is 30.9 Å². The molecule has 2 aromatic rings. The van der Waals surface area contributed by atoms with Gasteiger partial charge in [-0.15, -0.1) is 0 Å². The molecule has 2 aromatic heterocycles. The number of rotatable bonds is 4. The van der Waals surface area contributed by atoms with E-state index in [1.54, 1.807) is 30.9 Å². The average Bonchev–Trinajstić information content (AvgIpc) is 2.90. The second-order valence-corrected chi connectivity index (χ2v) is 3.17. The molecule has 0 saturated carbocycles. The van der Waals surface area contributed by atoms with E-state index in [-0.39, 0.29) is 5.91 Å². The molecule has 5 nitrogen and oxygen atoms in total. The Morgan fingerprint density at radius 3 is 3.07 bits per heavy atom. The topological polar surface area (TPSA) is 73.6 Å². The van der Waals surface area contributed by atoms with Gasteiger partial charge in [0.15, 0.2) is 0 Å². The van der Waals surface area contributed by atoms with E-state index in [4.69, 9.17) is 0 Å². The van der Waals surface area contributed by atoms with Crippen LogP contribution < -0.4 is 5.32 Å². The van der Waals surface area contributed by atoms with Gasteiger partial charge in [-0.1, -0.05) is 0 Å². The number of nitrogens with one attached hydrogen (secondary N) is 3. The highest BCUT2D eigenvalue weighted by molar-refractivity contribution is 5.92. The summed E-state index contributed by atoms with van der Waals surface area (Å²) in [6, 6.07) is 3.54. The highest BCUT2D eigenvalue weighted by atomic mass is 16.1. The molecule has 78 valence electrons. The molecule has 0 spiro atoms. The van der Waals surface area contributed by atoms with Crippen LogP contribution in [0.4, 0.5) is 0 Å². The van der Waals surface area contributed by atoms with Crippen LogP contribution >= 0.6 is 0 Å². The van der Waals surface area contributed by atoms with E-state index in [0.29, 0.717) is 12.2 Å². The fraction of sp³-hybridized carbons (Fsp3) is 0.200. The van der Waals surface area contributed by atoms with Crippen LogP contribution in [0, 0.1) is 0 Å². The summed E-state index contributed by atoms with van der Waals surface area (Å²) in [7, 11) is 0. The molecule has 0 atom stereocenters. The Bertz CT molecular complexity index is 405. The minimum absolute atomic E-state index is 0.0838. The quantitative estimate of drug-likeness (QED) is 0.686. The molecule has 0 aliphatic rings. The molecular formula is C10H12N4O. The molecular weight excluding hydrogens is 192 g/mol. The molecule has 2 heterocycles. The first-order chi connectivity index (χ1) is 7.36. The number of H-pyrrole nitrogens is 2. The SMILES string of the molecule is O=C(NCCc1cnc[nH]1)c1ccc[nH]1. The Kier molecular flexibility index (Phi) is 2.82. The Hall–Kier alpha value is -2.04. The third-order valence-electron chi connectivity index (χ3n) is 2.08. The van der Waals surface area contributed by atoms with Crippen LogP contribution in [0.5, 0.6) is 0 Å². The molecule has 0 radical (unpaired) electrons. The Labute approximate surface area is 86.9 Å². The largest absolute Gasteiger partial charge is 0.357 e. The number of carbonyl (C=O) groups is 1. The number of amides is 1. The van der Waals surface area contributed by atoms with E-state index < -0.39 is 0 Å². The lowest BCUT2D eigenvalue weighted by Gasteiger charge is -2.01. The van der Waals surface area contributed by atoms with Gasteiger partial charge in [0, 0.05) is 31.1 Å².